The fraction of sp³-hybridized carbons (Fsp3) is 0.438. The Labute approximate surface area is 121 Å². The van der Waals surface area contributed by atoms with Crippen molar-refractivity contribution in [2.45, 2.75) is 25.3 Å². The third-order valence-electron chi connectivity index (χ3n) is 4.87. The molecule has 1 saturated heterocycles. The van der Waals surface area contributed by atoms with E-state index in [1.807, 2.05) is 0 Å². The second kappa shape index (κ2) is 4.24. The predicted molar refractivity (Wildman–Crippen MR) is 72.8 cm³/mol. The van der Waals surface area contributed by atoms with Crippen LogP contribution in [0, 0.1) is 5.41 Å². The molecular formula is C16H15NO4. The average Bonchev–Trinajstić information content (AvgIpc) is 2.70. The highest BCUT2D eigenvalue weighted by Crippen LogP contribution is 2.45. The average molecular weight is 285 g/mol. The molecule has 0 bridgehead atoms. The summed E-state index contributed by atoms with van der Waals surface area (Å²) in [4.78, 5) is 38.3. The lowest BCUT2D eigenvalue weighted by atomic mass is 9.67. The minimum absolute atomic E-state index is 0.200. The molecule has 1 atom stereocenters. The molecule has 0 aromatic heterocycles. The van der Waals surface area contributed by atoms with Gasteiger partial charge in [0.25, 0.3) is 11.8 Å². The van der Waals surface area contributed by atoms with Gasteiger partial charge in [-0.15, -0.1) is 0 Å². The molecule has 108 valence electrons. The Morgan fingerprint density at radius 1 is 1.05 bits per heavy atom. The lowest BCUT2D eigenvalue weighted by Gasteiger charge is -2.51. The van der Waals surface area contributed by atoms with Gasteiger partial charge in [-0.2, -0.15) is 0 Å². The van der Waals surface area contributed by atoms with Crippen molar-refractivity contribution in [1.82, 2.24) is 4.90 Å². The van der Waals surface area contributed by atoms with E-state index in [0.29, 0.717) is 43.6 Å². The molecule has 0 N–H and O–H groups in total. The third kappa shape index (κ3) is 1.64. The number of ether oxygens (including phenoxy) is 1. The van der Waals surface area contributed by atoms with E-state index in [1.165, 1.54) is 4.90 Å². The first-order valence-corrected chi connectivity index (χ1v) is 7.19. The number of carbonyl (C=O) groups excluding carboxylic acids is 3. The van der Waals surface area contributed by atoms with Crippen molar-refractivity contribution < 1.29 is 19.1 Å². The van der Waals surface area contributed by atoms with Crippen LogP contribution in [0.25, 0.3) is 0 Å². The summed E-state index contributed by atoms with van der Waals surface area (Å²) in [6, 6.07) is 6.68. The molecule has 1 unspecified atom stereocenters. The Bertz CT molecular complexity index is 627. The van der Waals surface area contributed by atoms with Crippen molar-refractivity contribution in [3.63, 3.8) is 0 Å². The lowest BCUT2D eigenvalue weighted by molar-refractivity contribution is -0.168. The molecule has 2 heterocycles. The molecule has 4 rings (SSSR count). The number of Topliss-reactive ketones (excluding diaryl/α,β-unsaturated/α-hetero) is 1. The maximum Gasteiger partial charge on any atom is 0.261 e. The van der Waals surface area contributed by atoms with Crippen LogP contribution < -0.4 is 0 Å². The fourth-order valence-electron chi connectivity index (χ4n) is 3.76. The van der Waals surface area contributed by atoms with E-state index in [9.17, 15) is 14.4 Å². The summed E-state index contributed by atoms with van der Waals surface area (Å²) < 4.78 is 5.30. The number of fused-ring (bicyclic) bond motifs is 1. The van der Waals surface area contributed by atoms with Gasteiger partial charge in [0, 0.05) is 18.3 Å². The standard InChI is InChI=1S/C16H15NO4/c18-10-5-6-13(16(7-10)8-21-9-16)17-14(19)11-3-1-2-4-12(11)15(17)20/h1-4,13H,5-9H2. The van der Waals surface area contributed by atoms with E-state index in [2.05, 4.69) is 0 Å². The Balaban J connectivity index is 1.73. The summed E-state index contributed by atoms with van der Waals surface area (Å²) in [5, 5.41) is 0. The monoisotopic (exact) mass is 285 g/mol. The topological polar surface area (TPSA) is 63.7 Å². The van der Waals surface area contributed by atoms with Crippen molar-refractivity contribution in [2.75, 3.05) is 13.2 Å². The van der Waals surface area contributed by atoms with Crippen LogP contribution in [-0.2, 0) is 9.53 Å². The number of carbonyl (C=O) groups is 3. The number of hydrogen-bond acceptors (Lipinski definition) is 4. The van der Waals surface area contributed by atoms with Gasteiger partial charge < -0.3 is 4.74 Å². The number of ketones is 1. The van der Waals surface area contributed by atoms with Gasteiger partial charge in [-0.3, -0.25) is 19.3 Å². The quantitative estimate of drug-likeness (QED) is 0.732. The Kier molecular flexibility index (Phi) is 2.57. The summed E-state index contributed by atoms with van der Waals surface area (Å²) >= 11 is 0. The molecular weight excluding hydrogens is 270 g/mol. The van der Waals surface area contributed by atoms with Gasteiger partial charge in [-0.05, 0) is 18.6 Å². The van der Waals surface area contributed by atoms with Crippen molar-refractivity contribution in [3.05, 3.63) is 35.4 Å². The summed E-state index contributed by atoms with van der Waals surface area (Å²) in [5.41, 5.74) is 0.576. The lowest BCUT2D eigenvalue weighted by Crippen LogP contribution is -2.62. The molecule has 5 heteroatoms. The molecule has 1 aromatic carbocycles. The number of imide groups is 1. The van der Waals surface area contributed by atoms with Crippen molar-refractivity contribution in [2.24, 2.45) is 5.41 Å². The third-order valence-corrected chi connectivity index (χ3v) is 4.87. The van der Waals surface area contributed by atoms with Crippen LogP contribution in [0.3, 0.4) is 0 Å². The molecule has 2 amide bonds. The van der Waals surface area contributed by atoms with Crippen molar-refractivity contribution in [1.29, 1.82) is 0 Å². The number of benzene rings is 1. The Morgan fingerprint density at radius 2 is 1.67 bits per heavy atom. The zero-order valence-electron chi connectivity index (χ0n) is 11.5. The summed E-state index contributed by atoms with van der Waals surface area (Å²) in [6.45, 7) is 0.910. The van der Waals surface area contributed by atoms with Crippen LogP contribution in [0.2, 0.25) is 0 Å². The number of hydrogen-bond donors (Lipinski definition) is 0. The first-order valence-electron chi connectivity index (χ1n) is 7.19. The van der Waals surface area contributed by atoms with E-state index in [1.54, 1.807) is 24.3 Å². The van der Waals surface area contributed by atoms with Gasteiger partial charge >= 0.3 is 0 Å². The highest BCUT2D eigenvalue weighted by atomic mass is 16.5. The van der Waals surface area contributed by atoms with E-state index in [4.69, 9.17) is 4.74 Å². The van der Waals surface area contributed by atoms with Crippen LogP contribution in [-0.4, -0.2) is 41.8 Å². The van der Waals surface area contributed by atoms with Crippen LogP contribution in [0.1, 0.15) is 40.0 Å². The second-order valence-corrected chi connectivity index (χ2v) is 6.15. The fourth-order valence-corrected chi connectivity index (χ4v) is 3.76. The molecule has 1 aromatic rings. The summed E-state index contributed by atoms with van der Waals surface area (Å²) in [6.07, 6.45) is 1.39. The molecule has 1 aliphatic carbocycles. The van der Waals surface area contributed by atoms with Gasteiger partial charge in [0.2, 0.25) is 0 Å². The zero-order valence-corrected chi connectivity index (χ0v) is 11.5. The van der Waals surface area contributed by atoms with Crippen molar-refractivity contribution in [3.8, 4) is 0 Å². The zero-order chi connectivity index (χ0) is 14.6. The Morgan fingerprint density at radius 3 is 2.19 bits per heavy atom. The van der Waals surface area contributed by atoms with Crippen LogP contribution in [0.4, 0.5) is 0 Å². The molecule has 2 aliphatic heterocycles. The van der Waals surface area contributed by atoms with Crippen LogP contribution in [0.5, 0.6) is 0 Å². The molecule has 1 saturated carbocycles. The highest BCUT2D eigenvalue weighted by molar-refractivity contribution is 6.21. The number of rotatable bonds is 1. The van der Waals surface area contributed by atoms with Gasteiger partial charge in [-0.25, -0.2) is 0 Å². The van der Waals surface area contributed by atoms with E-state index in [-0.39, 0.29) is 29.1 Å². The van der Waals surface area contributed by atoms with E-state index < -0.39 is 0 Å². The highest BCUT2D eigenvalue weighted by Gasteiger charge is 2.55. The summed E-state index contributed by atoms with van der Waals surface area (Å²) in [5.74, 6) is -0.270. The first-order chi connectivity index (χ1) is 10.1. The van der Waals surface area contributed by atoms with E-state index >= 15 is 0 Å². The SMILES string of the molecule is O=C1CCC(N2C(=O)c3ccccc3C2=O)C2(COC2)C1. The van der Waals surface area contributed by atoms with E-state index in [0.717, 1.165) is 0 Å². The molecule has 2 fully saturated rings. The first kappa shape index (κ1) is 12.7. The minimum Gasteiger partial charge on any atom is -0.380 e. The normalized spacial score (nSPS) is 27.0. The van der Waals surface area contributed by atoms with Gasteiger partial charge in [0.1, 0.15) is 5.78 Å². The number of nitrogens with zero attached hydrogens (tertiary/aromatic N) is 1. The number of amides is 2. The molecule has 21 heavy (non-hydrogen) atoms. The molecule has 1 spiro atoms. The van der Waals surface area contributed by atoms with Crippen LogP contribution in [0.15, 0.2) is 24.3 Å². The maximum absolute atomic E-state index is 12.6. The maximum atomic E-state index is 12.6. The van der Waals surface area contributed by atoms with Crippen molar-refractivity contribution >= 4 is 17.6 Å². The van der Waals surface area contributed by atoms with Gasteiger partial charge in [-0.1, -0.05) is 12.1 Å². The van der Waals surface area contributed by atoms with Gasteiger partial charge in [0.05, 0.1) is 30.4 Å². The second-order valence-electron chi connectivity index (χ2n) is 6.15. The molecule has 5 nitrogen and oxygen atoms in total. The van der Waals surface area contributed by atoms with Gasteiger partial charge in [0.15, 0.2) is 0 Å². The Hall–Kier alpha value is -2.01. The summed E-state index contributed by atoms with van der Waals surface area (Å²) in [7, 11) is 0. The smallest absolute Gasteiger partial charge is 0.261 e. The largest absolute Gasteiger partial charge is 0.380 e. The van der Waals surface area contributed by atoms with Crippen LogP contribution >= 0.6 is 0 Å². The molecule has 0 radical (unpaired) electrons. The molecule has 3 aliphatic rings. The minimum atomic E-state index is -0.358. The predicted octanol–water partition coefficient (Wildman–Crippen LogP) is 1.42.